The van der Waals surface area contributed by atoms with Crippen molar-refractivity contribution >= 4 is 5.71 Å². The van der Waals surface area contributed by atoms with Gasteiger partial charge in [0.05, 0.1) is 23.9 Å². The van der Waals surface area contributed by atoms with Gasteiger partial charge in [-0.15, -0.1) is 0 Å². The van der Waals surface area contributed by atoms with Gasteiger partial charge in [-0.25, -0.2) is 0 Å². The highest BCUT2D eigenvalue weighted by atomic mass is 15.1. The Kier molecular flexibility index (Phi) is 4.85. The van der Waals surface area contributed by atoms with Gasteiger partial charge in [-0.1, -0.05) is 19.1 Å². The van der Waals surface area contributed by atoms with Crippen molar-refractivity contribution in [1.29, 1.82) is 21.2 Å². The number of pyridine rings is 1. The van der Waals surface area contributed by atoms with Crippen LogP contribution in [0, 0.1) is 56.7 Å². The van der Waals surface area contributed by atoms with Gasteiger partial charge in [0.25, 0.3) is 0 Å². The molecular weight excluding hydrogens is 324 g/mol. The average molecular weight is 344 g/mol. The van der Waals surface area contributed by atoms with Crippen molar-refractivity contribution in [2.45, 2.75) is 19.3 Å². The van der Waals surface area contributed by atoms with Crippen LogP contribution in [0.5, 0.6) is 0 Å². The summed E-state index contributed by atoms with van der Waals surface area (Å²) in [6, 6.07) is 10.0. The van der Waals surface area contributed by atoms with Crippen molar-refractivity contribution in [2.75, 3.05) is 19.6 Å². The number of aromatic nitrogens is 1. The molecule has 2 aliphatic rings. The summed E-state index contributed by atoms with van der Waals surface area (Å²) in [5.74, 6) is -1.47. The minimum absolute atomic E-state index is 0.106. The molecule has 1 aromatic rings. The van der Waals surface area contributed by atoms with Crippen molar-refractivity contribution in [2.24, 2.45) is 17.3 Å². The van der Waals surface area contributed by atoms with Crippen LogP contribution < -0.4 is 0 Å². The van der Waals surface area contributed by atoms with Crippen molar-refractivity contribution in [1.82, 2.24) is 9.88 Å². The minimum Gasteiger partial charge on any atom is -0.305 e. The molecule has 26 heavy (non-hydrogen) atoms. The number of fused-ring (bicyclic) bond motifs is 1. The van der Waals surface area contributed by atoms with E-state index in [0.29, 0.717) is 6.54 Å². The third-order valence-corrected chi connectivity index (χ3v) is 5.45. The second-order valence-electron chi connectivity index (χ2n) is 6.84. The Morgan fingerprint density at radius 2 is 2.12 bits per heavy atom. The first kappa shape index (κ1) is 17.8. The second-order valence-corrected chi connectivity index (χ2v) is 6.84. The van der Waals surface area contributed by atoms with Gasteiger partial charge in [0, 0.05) is 37.3 Å². The van der Waals surface area contributed by atoms with Crippen LogP contribution in [0.1, 0.15) is 24.8 Å². The van der Waals surface area contributed by atoms with Crippen LogP contribution in [0.4, 0.5) is 0 Å². The molecule has 2 heterocycles. The lowest BCUT2D eigenvalue weighted by Crippen LogP contribution is -2.53. The molecule has 0 spiro atoms. The Labute approximate surface area is 153 Å². The zero-order valence-corrected chi connectivity index (χ0v) is 14.7. The highest BCUT2D eigenvalue weighted by molar-refractivity contribution is 6.00. The van der Waals surface area contributed by atoms with Gasteiger partial charge in [-0.3, -0.25) is 9.88 Å². The molecule has 1 N–H and O–H groups in total. The molecule has 0 radical (unpaired) electrons. The first-order chi connectivity index (χ1) is 12.6. The fraction of sp³-hybridized carbons (Fsp3) is 0.450. The van der Waals surface area contributed by atoms with E-state index in [9.17, 15) is 15.8 Å². The maximum Gasteiger partial charge on any atom is 0.189 e. The summed E-state index contributed by atoms with van der Waals surface area (Å²) < 4.78 is 0. The second kappa shape index (κ2) is 7.08. The van der Waals surface area contributed by atoms with Gasteiger partial charge in [-0.05, 0) is 30.2 Å². The lowest BCUT2D eigenvalue weighted by molar-refractivity contribution is 0.204. The third-order valence-electron chi connectivity index (χ3n) is 5.45. The van der Waals surface area contributed by atoms with E-state index < -0.39 is 17.3 Å². The molecule has 1 aromatic heterocycles. The molecule has 3 atom stereocenters. The lowest BCUT2D eigenvalue weighted by Gasteiger charge is -2.47. The molecule has 0 amide bonds. The normalized spacial score (nSPS) is 27.4. The fourth-order valence-corrected chi connectivity index (χ4v) is 4.30. The highest BCUT2D eigenvalue weighted by Gasteiger charge is 2.57. The molecule has 0 bridgehead atoms. The summed E-state index contributed by atoms with van der Waals surface area (Å²) in [6.45, 7) is 4.44. The summed E-state index contributed by atoms with van der Waals surface area (Å²) in [7, 11) is 0. The Morgan fingerprint density at radius 3 is 2.69 bits per heavy atom. The number of rotatable bonds is 3. The van der Waals surface area contributed by atoms with Gasteiger partial charge >= 0.3 is 0 Å². The van der Waals surface area contributed by atoms with Crippen LogP contribution in [0.25, 0.3) is 0 Å². The number of nitrogens with one attached hydrogen (secondary N) is 1. The Morgan fingerprint density at radius 1 is 1.35 bits per heavy atom. The molecule has 3 rings (SSSR count). The monoisotopic (exact) mass is 344 g/mol. The smallest absolute Gasteiger partial charge is 0.189 e. The van der Waals surface area contributed by atoms with Crippen LogP contribution in [0.15, 0.2) is 36.2 Å². The van der Waals surface area contributed by atoms with Gasteiger partial charge in [0.15, 0.2) is 5.41 Å². The van der Waals surface area contributed by atoms with E-state index in [1.807, 2.05) is 12.1 Å². The van der Waals surface area contributed by atoms with E-state index in [1.54, 1.807) is 18.5 Å². The van der Waals surface area contributed by atoms with E-state index in [2.05, 4.69) is 35.0 Å². The predicted octanol–water partition coefficient (Wildman–Crippen LogP) is 2.64. The molecule has 1 aliphatic heterocycles. The molecule has 0 aromatic carbocycles. The SMILES string of the molecule is CCCN1CC=C2C(C#N)C(=N)C(C#N)(C#N)[C@@H](c3cccnc3)[C@@H]2C1. The minimum atomic E-state index is -1.65. The first-order valence-corrected chi connectivity index (χ1v) is 8.76. The van der Waals surface area contributed by atoms with E-state index in [4.69, 9.17) is 5.41 Å². The van der Waals surface area contributed by atoms with Gasteiger partial charge < -0.3 is 5.41 Å². The molecule has 1 saturated carbocycles. The Balaban J connectivity index is 2.20. The van der Waals surface area contributed by atoms with E-state index in [-0.39, 0.29) is 11.6 Å². The topological polar surface area (TPSA) is 111 Å². The Hall–Kier alpha value is -3.01. The Bertz CT molecular complexity index is 837. The lowest BCUT2D eigenvalue weighted by atomic mass is 9.54. The van der Waals surface area contributed by atoms with E-state index >= 15 is 0 Å². The largest absolute Gasteiger partial charge is 0.305 e. The van der Waals surface area contributed by atoms with Gasteiger partial charge in [0.1, 0.15) is 5.92 Å². The summed E-state index contributed by atoms with van der Waals surface area (Å²) in [4.78, 5) is 6.44. The van der Waals surface area contributed by atoms with E-state index in [0.717, 1.165) is 30.6 Å². The zero-order chi connectivity index (χ0) is 18.7. The van der Waals surface area contributed by atoms with Crippen LogP contribution in [0.2, 0.25) is 0 Å². The standard InChI is InChI=1S/C20H20N6/c1-2-7-26-8-5-15-16(9-21)19(24)20(12-22,13-23)18(17(15)11-26)14-4-3-6-25-10-14/h3-6,10,16-18,24H,2,7-8,11H2,1H3/t16?,17-,18+/m1/s1. The number of hydrogen-bond donors (Lipinski definition) is 1. The maximum atomic E-state index is 9.94. The molecule has 6 nitrogen and oxygen atoms in total. The molecule has 0 saturated heterocycles. The van der Waals surface area contributed by atoms with Crippen molar-refractivity contribution in [3.63, 3.8) is 0 Å². The number of hydrogen-bond acceptors (Lipinski definition) is 6. The molecule has 1 aliphatic carbocycles. The summed E-state index contributed by atoms with van der Waals surface area (Å²) in [5, 5.41) is 38.1. The van der Waals surface area contributed by atoms with Crippen LogP contribution >= 0.6 is 0 Å². The molecule has 130 valence electrons. The predicted molar refractivity (Wildman–Crippen MR) is 95.8 cm³/mol. The number of nitriles is 3. The van der Waals surface area contributed by atoms with Gasteiger partial charge in [-0.2, -0.15) is 15.8 Å². The molecule has 1 fully saturated rings. The van der Waals surface area contributed by atoms with Crippen molar-refractivity contribution in [3.05, 3.63) is 41.7 Å². The summed E-state index contributed by atoms with van der Waals surface area (Å²) in [5.41, 5.74) is -0.114. The van der Waals surface area contributed by atoms with Crippen molar-refractivity contribution in [3.8, 4) is 18.2 Å². The average Bonchev–Trinajstić information content (AvgIpc) is 2.68. The molecular formula is C20H20N6. The molecule has 1 unspecified atom stereocenters. The maximum absolute atomic E-state index is 9.94. The van der Waals surface area contributed by atoms with Crippen molar-refractivity contribution < 1.29 is 0 Å². The zero-order valence-electron chi connectivity index (χ0n) is 14.7. The fourth-order valence-electron chi connectivity index (χ4n) is 4.30. The molecule has 6 heteroatoms. The van der Waals surface area contributed by atoms with Gasteiger partial charge in [0.2, 0.25) is 0 Å². The third kappa shape index (κ3) is 2.58. The van der Waals surface area contributed by atoms with E-state index in [1.165, 1.54) is 0 Å². The highest BCUT2D eigenvalue weighted by Crippen LogP contribution is 2.53. The summed E-state index contributed by atoms with van der Waals surface area (Å²) >= 11 is 0. The first-order valence-electron chi connectivity index (χ1n) is 8.76. The quantitative estimate of drug-likeness (QED) is 0.847. The summed E-state index contributed by atoms with van der Waals surface area (Å²) in [6.07, 6.45) is 6.35. The number of nitrogens with zero attached hydrogens (tertiary/aromatic N) is 5. The van der Waals surface area contributed by atoms with Crippen LogP contribution in [-0.4, -0.2) is 35.2 Å². The van der Waals surface area contributed by atoms with Crippen LogP contribution in [0.3, 0.4) is 0 Å². The van der Waals surface area contributed by atoms with Crippen LogP contribution in [-0.2, 0) is 0 Å².